The standard InChI is InChI=1S/C41H56N4O11/c1-20-11-10-12-21(2)40(53)43-31-26(19-42-45-16-14-44(8)15-17-45)36(50)28-29(37(31)51)35(49)25(6)38-30(28)39(52)41(7,56-38)55-18-13-27(54-9)22(3)33(47)24(5)34(48)23(4)32(20)46/h10-13,18-20,22-24,27,32-34,46-51H,14-17H2,1-9H3,(H,43,53)/b11-10+,18-13+,21-12-,42-19+/t20-,22-,23+,24+,27-,32-,33+,34+,41-/m0/s1. The topological polar surface area (TPSA) is 214 Å². The van der Waals surface area contributed by atoms with Gasteiger partial charge in [0.15, 0.2) is 5.75 Å². The molecule has 0 unspecified atom stereocenters. The van der Waals surface area contributed by atoms with Crippen molar-refractivity contribution in [1.82, 2.24) is 9.91 Å². The zero-order valence-electron chi connectivity index (χ0n) is 33.5. The fraction of sp³-hybridized carbons (Fsp3) is 0.537. The maximum atomic E-state index is 14.3. The fourth-order valence-corrected chi connectivity index (χ4v) is 7.53. The average Bonchev–Trinajstić information content (AvgIpc) is 3.44. The van der Waals surface area contributed by atoms with E-state index in [1.807, 2.05) is 7.05 Å². The Morgan fingerprint density at radius 2 is 1.52 bits per heavy atom. The van der Waals surface area contributed by atoms with E-state index in [0.717, 1.165) is 13.1 Å². The van der Waals surface area contributed by atoms with Gasteiger partial charge in [0, 0.05) is 80.4 Å². The average molecular weight is 781 g/mol. The molecule has 2 aromatic rings. The summed E-state index contributed by atoms with van der Waals surface area (Å²) in [6, 6.07) is 0. The number of nitrogens with one attached hydrogen (secondary N) is 1. The van der Waals surface area contributed by atoms with Crippen molar-refractivity contribution in [3.8, 4) is 23.0 Å². The van der Waals surface area contributed by atoms with Gasteiger partial charge in [0.1, 0.15) is 17.2 Å². The van der Waals surface area contributed by atoms with E-state index in [4.69, 9.17) is 14.2 Å². The fourth-order valence-electron chi connectivity index (χ4n) is 7.53. The number of aliphatic hydroxyl groups excluding tert-OH is 3. The molecule has 0 spiro atoms. The lowest BCUT2D eigenvalue weighted by Crippen LogP contribution is -2.44. The molecular formula is C41H56N4O11. The third kappa shape index (κ3) is 7.96. The van der Waals surface area contributed by atoms with E-state index < -0.39 is 82.8 Å². The summed E-state index contributed by atoms with van der Waals surface area (Å²) >= 11 is 0. The van der Waals surface area contributed by atoms with Crippen LogP contribution in [0.1, 0.15) is 63.0 Å². The van der Waals surface area contributed by atoms with Gasteiger partial charge in [-0.1, -0.05) is 45.9 Å². The van der Waals surface area contributed by atoms with Crippen LogP contribution in [0.3, 0.4) is 0 Å². The number of methoxy groups -OCH3 is 1. The molecule has 15 nitrogen and oxygen atoms in total. The normalized spacial score (nSPS) is 33.3. The lowest BCUT2D eigenvalue weighted by molar-refractivity contribution is -0.112. The molecule has 0 aromatic heterocycles. The number of hydrazone groups is 1. The second-order valence-corrected chi connectivity index (χ2v) is 15.5. The molecule has 4 aliphatic heterocycles. The van der Waals surface area contributed by atoms with Gasteiger partial charge in [-0.15, -0.1) is 0 Å². The van der Waals surface area contributed by atoms with E-state index in [9.17, 15) is 40.2 Å². The number of allylic oxidation sites excluding steroid dienone is 2. The highest BCUT2D eigenvalue weighted by Gasteiger charge is 2.50. The van der Waals surface area contributed by atoms with Crippen LogP contribution in [0.2, 0.25) is 0 Å². The molecule has 5 bridgehead atoms. The Kier molecular flexibility index (Phi) is 12.8. The van der Waals surface area contributed by atoms with Crippen LogP contribution in [-0.2, 0) is 14.3 Å². The molecule has 4 heterocycles. The van der Waals surface area contributed by atoms with Gasteiger partial charge in [-0.05, 0) is 27.0 Å². The molecule has 6 rings (SSSR count). The van der Waals surface area contributed by atoms with Crippen molar-refractivity contribution in [3.05, 3.63) is 52.8 Å². The third-order valence-corrected chi connectivity index (χ3v) is 11.6. The number of hydrogen-bond acceptors (Lipinski definition) is 14. The molecule has 4 aliphatic rings. The number of Topliss-reactive ketones (excluding diaryl/α,β-unsaturated/α-hetero) is 1. The van der Waals surface area contributed by atoms with Crippen molar-refractivity contribution in [1.29, 1.82) is 0 Å². The molecule has 1 amide bonds. The van der Waals surface area contributed by atoms with Gasteiger partial charge in [-0.2, -0.15) is 5.10 Å². The highest BCUT2D eigenvalue weighted by molar-refractivity contribution is 6.23. The molecule has 0 saturated carbocycles. The minimum Gasteiger partial charge on any atom is -0.507 e. The highest BCUT2D eigenvalue weighted by atomic mass is 16.7. The number of hydrogen-bond donors (Lipinski definition) is 7. The van der Waals surface area contributed by atoms with Crippen molar-refractivity contribution >= 4 is 34.4 Å². The van der Waals surface area contributed by atoms with Crippen LogP contribution in [0.25, 0.3) is 10.8 Å². The number of anilines is 1. The zero-order valence-corrected chi connectivity index (χ0v) is 33.5. The van der Waals surface area contributed by atoms with Gasteiger partial charge in [-0.25, -0.2) is 0 Å². The van der Waals surface area contributed by atoms with E-state index in [0.29, 0.717) is 13.1 Å². The largest absolute Gasteiger partial charge is 0.507 e. The number of likely N-dealkylation sites (N-methyl/N-ethyl adjacent to an activating group) is 1. The van der Waals surface area contributed by atoms with Crippen LogP contribution in [0.15, 0.2) is 41.2 Å². The molecule has 56 heavy (non-hydrogen) atoms. The minimum atomic E-state index is -2.01. The Balaban J connectivity index is 1.70. The summed E-state index contributed by atoms with van der Waals surface area (Å²) in [6.45, 7) is 13.8. The first-order valence-electron chi connectivity index (χ1n) is 18.9. The van der Waals surface area contributed by atoms with Crippen LogP contribution in [0, 0.1) is 30.6 Å². The number of carbonyl (C=O) groups is 2. The molecule has 1 saturated heterocycles. The number of phenols is 3. The van der Waals surface area contributed by atoms with Crippen molar-refractivity contribution in [2.24, 2.45) is 28.8 Å². The zero-order chi connectivity index (χ0) is 41.4. The summed E-state index contributed by atoms with van der Waals surface area (Å²) in [5.41, 5.74) is -0.290. The number of ketones is 1. The number of amides is 1. The van der Waals surface area contributed by atoms with Gasteiger partial charge in [0.05, 0.1) is 59.1 Å². The molecule has 9 atom stereocenters. The third-order valence-electron chi connectivity index (χ3n) is 11.6. The van der Waals surface area contributed by atoms with E-state index in [-0.39, 0.29) is 44.5 Å². The number of carbonyl (C=O) groups excluding carboxylic acids is 2. The molecule has 306 valence electrons. The predicted octanol–water partition coefficient (Wildman–Crippen LogP) is 3.76. The van der Waals surface area contributed by atoms with E-state index in [1.165, 1.54) is 52.5 Å². The number of benzene rings is 2. The Hall–Kier alpha value is -4.67. The van der Waals surface area contributed by atoms with Gasteiger partial charge in [0.2, 0.25) is 0 Å². The molecule has 7 N–H and O–H groups in total. The molecular weight excluding hydrogens is 724 g/mol. The van der Waals surface area contributed by atoms with E-state index >= 15 is 0 Å². The first-order chi connectivity index (χ1) is 26.3. The Morgan fingerprint density at radius 3 is 2.16 bits per heavy atom. The summed E-state index contributed by atoms with van der Waals surface area (Å²) < 4.78 is 17.7. The van der Waals surface area contributed by atoms with E-state index in [2.05, 4.69) is 15.3 Å². The number of rotatable bonds is 3. The first kappa shape index (κ1) is 42.5. The first-order valence-corrected chi connectivity index (χ1v) is 18.9. The second-order valence-electron chi connectivity index (χ2n) is 15.5. The second kappa shape index (κ2) is 16.8. The van der Waals surface area contributed by atoms with Crippen LogP contribution >= 0.6 is 0 Å². The summed E-state index contributed by atoms with van der Waals surface area (Å²) in [5, 5.41) is 77.6. The van der Waals surface area contributed by atoms with Crippen molar-refractivity contribution in [2.45, 2.75) is 78.7 Å². The van der Waals surface area contributed by atoms with Gasteiger partial charge in [-0.3, -0.25) is 14.6 Å². The smallest absolute Gasteiger partial charge is 0.312 e. The number of piperazine rings is 1. The molecule has 15 heteroatoms. The van der Waals surface area contributed by atoms with Gasteiger partial charge < -0.3 is 55.1 Å². The number of fused-ring (bicyclic) bond motifs is 14. The number of nitrogens with zero attached hydrogens (tertiary/aromatic N) is 3. The van der Waals surface area contributed by atoms with Crippen LogP contribution in [0.5, 0.6) is 23.0 Å². The van der Waals surface area contributed by atoms with Crippen molar-refractivity contribution < 1.29 is 54.4 Å². The molecule has 1 fully saturated rings. The number of aliphatic hydroxyl groups is 3. The van der Waals surface area contributed by atoms with Crippen molar-refractivity contribution in [3.63, 3.8) is 0 Å². The van der Waals surface area contributed by atoms with Crippen LogP contribution in [0.4, 0.5) is 5.69 Å². The number of phenolic OH excluding ortho intramolecular Hbond substituents is 3. The summed E-state index contributed by atoms with van der Waals surface area (Å²) in [5.74, 6) is -7.59. The quantitative estimate of drug-likeness (QED) is 0.134. The highest BCUT2D eigenvalue weighted by Crippen LogP contribution is 2.55. The predicted molar refractivity (Wildman–Crippen MR) is 211 cm³/mol. The Bertz CT molecular complexity index is 1950. The van der Waals surface area contributed by atoms with Gasteiger partial charge >= 0.3 is 5.79 Å². The van der Waals surface area contributed by atoms with Gasteiger partial charge in [0.25, 0.3) is 11.7 Å². The summed E-state index contributed by atoms with van der Waals surface area (Å²) in [6.07, 6.45) is 4.79. The minimum absolute atomic E-state index is 0.0688. The maximum Gasteiger partial charge on any atom is 0.312 e. The van der Waals surface area contributed by atoms with E-state index in [1.54, 1.807) is 44.9 Å². The monoisotopic (exact) mass is 780 g/mol. The van der Waals surface area contributed by atoms with Crippen LogP contribution < -0.4 is 10.1 Å². The number of ether oxygens (including phenoxy) is 3. The Morgan fingerprint density at radius 1 is 0.893 bits per heavy atom. The SMILES string of the molecule is CO[C@H]1/C=C/O[C@@]2(C)Oc3c(C)c(O)c4c(O)c(c(/C=N/N5CCN(C)CC5)c(O)c4c3C2=O)NC(=O)/C(C)=C\C=C\[C@H](C)[C@H](O)[C@@H](C)[C@@H](O)[C@H](C)[C@H](O)[C@H]1C. The Labute approximate surface area is 327 Å². The maximum absolute atomic E-state index is 14.3. The summed E-state index contributed by atoms with van der Waals surface area (Å²) in [4.78, 5) is 30.1. The molecule has 0 radical (unpaired) electrons. The summed E-state index contributed by atoms with van der Waals surface area (Å²) in [7, 11) is 3.43. The van der Waals surface area contributed by atoms with Crippen molar-refractivity contribution in [2.75, 3.05) is 45.7 Å². The molecule has 0 aliphatic carbocycles. The number of aromatic hydroxyl groups is 3. The lowest BCUT2D eigenvalue weighted by Gasteiger charge is -2.36. The van der Waals surface area contributed by atoms with Crippen LogP contribution in [-0.4, -0.2) is 129 Å². The lowest BCUT2D eigenvalue weighted by atomic mass is 9.78. The molecule has 2 aromatic carbocycles.